The van der Waals surface area contributed by atoms with Crippen LogP contribution in [0.15, 0.2) is 18.2 Å². The van der Waals surface area contributed by atoms with Gasteiger partial charge >= 0.3 is 6.03 Å². The van der Waals surface area contributed by atoms with E-state index in [9.17, 15) is 4.79 Å². The molecule has 2 amide bonds. The molecule has 0 aliphatic carbocycles. The molecule has 4 heteroatoms. The maximum absolute atomic E-state index is 11.6. The van der Waals surface area contributed by atoms with Crippen LogP contribution in [0.2, 0.25) is 0 Å². The second-order valence-corrected chi connectivity index (χ2v) is 4.56. The van der Waals surface area contributed by atoms with E-state index in [2.05, 4.69) is 17.6 Å². The number of rotatable bonds is 7. The minimum atomic E-state index is -0.162. The Morgan fingerprint density at radius 2 is 2.05 bits per heavy atom. The van der Waals surface area contributed by atoms with Crippen molar-refractivity contribution in [1.29, 1.82) is 0 Å². The van der Waals surface area contributed by atoms with E-state index in [1.54, 1.807) is 0 Å². The van der Waals surface area contributed by atoms with E-state index >= 15 is 0 Å². The molecule has 0 saturated heterocycles. The SMILES string of the molecule is CCCCOc1ccc(NC(=O)NCCC)c(C)c1. The summed E-state index contributed by atoms with van der Waals surface area (Å²) in [5.74, 6) is 0.852. The van der Waals surface area contributed by atoms with Gasteiger partial charge in [0.1, 0.15) is 5.75 Å². The predicted molar refractivity (Wildman–Crippen MR) is 78.9 cm³/mol. The summed E-state index contributed by atoms with van der Waals surface area (Å²) in [6.07, 6.45) is 3.10. The number of anilines is 1. The Morgan fingerprint density at radius 3 is 2.68 bits per heavy atom. The molecule has 0 bridgehead atoms. The molecule has 106 valence electrons. The van der Waals surface area contributed by atoms with Crippen LogP contribution in [0.5, 0.6) is 5.75 Å². The lowest BCUT2D eigenvalue weighted by atomic mass is 10.2. The van der Waals surface area contributed by atoms with Gasteiger partial charge in [0.15, 0.2) is 0 Å². The van der Waals surface area contributed by atoms with Crippen molar-refractivity contribution in [2.75, 3.05) is 18.5 Å². The smallest absolute Gasteiger partial charge is 0.319 e. The number of hydrogen-bond donors (Lipinski definition) is 2. The quantitative estimate of drug-likeness (QED) is 0.738. The second-order valence-electron chi connectivity index (χ2n) is 4.56. The van der Waals surface area contributed by atoms with Gasteiger partial charge in [0.2, 0.25) is 0 Å². The van der Waals surface area contributed by atoms with Crippen LogP contribution < -0.4 is 15.4 Å². The van der Waals surface area contributed by atoms with E-state index in [1.807, 2.05) is 32.0 Å². The molecule has 0 unspecified atom stereocenters. The Kier molecular flexibility index (Phi) is 6.79. The van der Waals surface area contributed by atoms with Crippen molar-refractivity contribution >= 4 is 11.7 Å². The van der Waals surface area contributed by atoms with Crippen LogP contribution in [0, 0.1) is 6.92 Å². The number of unbranched alkanes of at least 4 members (excludes halogenated alkanes) is 1. The summed E-state index contributed by atoms with van der Waals surface area (Å²) in [6, 6.07) is 5.55. The van der Waals surface area contributed by atoms with Gasteiger partial charge < -0.3 is 15.4 Å². The number of nitrogens with one attached hydrogen (secondary N) is 2. The normalized spacial score (nSPS) is 10.1. The zero-order chi connectivity index (χ0) is 14.1. The number of carbonyl (C=O) groups excluding carboxylic acids is 1. The van der Waals surface area contributed by atoms with Crippen LogP contribution in [-0.2, 0) is 0 Å². The molecule has 1 rings (SSSR count). The molecule has 0 aliphatic rings. The zero-order valence-corrected chi connectivity index (χ0v) is 12.1. The van der Waals surface area contributed by atoms with Gasteiger partial charge in [-0.25, -0.2) is 4.79 Å². The molecule has 0 spiro atoms. The van der Waals surface area contributed by atoms with Crippen molar-refractivity contribution in [2.24, 2.45) is 0 Å². The lowest BCUT2D eigenvalue weighted by Crippen LogP contribution is -2.29. The largest absolute Gasteiger partial charge is 0.494 e. The molecule has 1 aromatic rings. The molecule has 4 nitrogen and oxygen atoms in total. The van der Waals surface area contributed by atoms with Gasteiger partial charge in [0.25, 0.3) is 0 Å². The number of ether oxygens (including phenoxy) is 1. The van der Waals surface area contributed by atoms with Crippen molar-refractivity contribution in [2.45, 2.75) is 40.0 Å². The van der Waals surface area contributed by atoms with E-state index in [4.69, 9.17) is 4.74 Å². The molecule has 2 N–H and O–H groups in total. The van der Waals surface area contributed by atoms with Crippen LogP contribution in [-0.4, -0.2) is 19.2 Å². The first-order valence-electron chi connectivity index (χ1n) is 6.95. The summed E-state index contributed by atoms with van der Waals surface area (Å²) in [4.78, 5) is 11.6. The first-order chi connectivity index (χ1) is 9.17. The van der Waals surface area contributed by atoms with E-state index in [0.29, 0.717) is 6.54 Å². The van der Waals surface area contributed by atoms with E-state index in [0.717, 1.165) is 42.9 Å². The summed E-state index contributed by atoms with van der Waals surface area (Å²) in [5.41, 5.74) is 1.82. The molecule has 0 fully saturated rings. The highest BCUT2D eigenvalue weighted by Gasteiger charge is 2.04. The van der Waals surface area contributed by atoms with Gasteiger partial charge in [0, 0.05) is 12.2 Å². The highest BCUT2D eigenvalue weighted by atomic mass is 16.5. The number of carbonyl (C=O) groups is 1. The average molecular weight is 264 g/mol. The standard InChI is InChI=1S/C15H24N2O2/c1-4-6-10-19-13-7-8-14(12(3)11-13)17-15(18)16-9-5-2/h7-8,11H,4-6,9-10H2,1-3H3,(H2,16,17,18). The summed E-state index contributed by atoms with van der Waals surface area (Å²) in [6.45, 7) is 7.54. The average Bonchev–Trinajstić information content (AvgIpc) is 2.40. The first-order valence-corrected chi connectivity index (χ1v) is 6.95. The third kappa shape index (κ3) is 5.64. The predicted octanol–water partition coefficient (Wildman–Crippen LogP) is 3.71. The fraction of sp³-hybridized carbons (Fsp3) is 0.533. The van der Waals surface area contributed by atoms with Gasteiger partial charge in [0.05, 0.1) is 6.61 Å². The fourth-order valence-corrected chi connectivity index (χ4v) is 1.61. The first kappa shape index (κ1) is 15.3. The topological polar surface area (TPSA) is 50.4 Å². The van der Waals surface area contributed by atoms with Crippen LogP contribution in [0.3, 0.4) is 0 Å². The highest BCUT2D eigenvalue weighted by Crippen LogP contribution is 2.21. The Balaban J connectivity index is 2.54. The lowest BCUT2D eigenvalue weighted by molar-refractivity contribution is 0.252. The van der Waals surface area contributed by atoms with Crippen molar-refractivity contribution in [3.63, 3.8) is 0 Å². The molecule has 0 heterocycles. The summed E-state index contributed by atoms with van der Waals surface area (Å²) in [7, 11) is 0. The van der Waals surface area contributed by atoms with Gasteiger partial charge in [-0.05, 0) is 43.5 Å². The van der Waals surface area contributed by atoms with Crippen molar-refractivity contribution in [3.05, 3.63) is 23.8 Å². The number of urea groups is 1. The van der Waals surface area contributed by atoms with E-state index in [1.165, 1.54) is 0 Å². The van der Waals surface area contributed by atoms with E-state index in [-0.39, 0.29) is 6.03 Å². The zero-order valence-electron chi connectivity index (χ0n) is 12.1. The molecule has 19 heavy (non-hydrogen) atoms. The summed E-state index contributed by atoms with van der Waals surface area (Å²) in [5, 5.41) is 5.62. The summed E-state index contributed by atoms with van der Waals surface area (Å²) >= 11 is 0. The molecule has 0 aromatic heterocycles. The maximum atomic E-state index is 11.6. The Labute approximate surface area is 115 Å². The number of aryl methyl sites for hydroxylation is 1. The molecular weight excluding hydrogens is 240 g/mol. The Hall–Kier alpha value is -1.71. The Morgan fingerprint density at radius 1 is 1.26 bits per heavy atom. The third-order valence-corrected chi connectivity index (χ3v) is 2.75. The molecular formula is C15H24N2O2. The molecule has 1 aromatic carbocycles. The minimum Gasteiger partial charge on any atom is -0.494 e. The number of benzene rings is 1. The van der Waals surface area contributed by atoms with Gasteiger partial charge in [-0.3, -0.25) is 0 Å². The Bertz CT molecular complexity index is 405. The van der Waals surface area contributed by atoms with Crippen molar-refractivity contribution < 1.29 is 9.53 Å². The van der Waals surface area contributed by atoms with Crippen LogP contribution >= 0.6 is 0 Å². The molecule has 0 saturated carbocycles. The third-order valence-electron chi connectivity index (χ3n) is 2.75. The molecule has 0 aliphatic heterocycles. The lowest BCUT2D eigenvalue weighted by Gasteiger charge is -2.11. The molecule has 0 radical (unpaired) electrons. The maximum Gasteiger partial charge on any atom is 0.319 e. The van der Waals surface area contributed by atoms with Gasteiger partial charge in [-0.2, -0.15) is 0 Å². The monoisotopic (exact) mass is 264 g/mol. The number of hydrogen-bond acceptors (Lipinski definition) is 2. The fourth-order valence-electron chi connectivity index (χ4n) is 1.61. The molecule has 0 atom stereocenters. The van der Waals surface area contributed by atoms with E-state index < -0.39 is 0 Å². The minimum absolute atomic E-state index is 0.162. The highest BCUT2D eigenvalue weighted by molar-refractivity contribution is 5.90. The van der Waals surface area contributed by atoms with Crippen molar-refractivity contribution in [3.8, 4) is 5.75 Å². The van der Waals surface area contributed by atoms with Crippen molar-refractivity contribution in [1.82, 2.24) is 5.32 Å². The summed E-state index contributed by atoms with van der Waals surface area (Å²) < 4.78 is 5.62. The van der Waals surface area contributed by atoms with Crippen LogP contribution in [0.25, 0.3) is 0 Å². The van der Waals surface area contributed by atoms with Gasteiger partial charge in [-0.15, -0.1) is 0 Å². The number of amides is 2. The van der Waals surface area contributed by atoms with Crippen LogP contribution in [0.4, 0.5) is 10.5 Å². The van der Waals surface area contributed by atoms with Gasteiger partial charge in [-0.1, -0.05) is 20.3 Å². The van der Waals surface area contributed by atoms with Crippen LogP contribution in [0.1, 0.15) is 38.7 Å². The second kappa shape index (κ2) is 8.40.